The third-order valence-corrected chi connectivity index (χ3v) is 4.78. The lowest BCUT2D eigenvalue weighted by molar-refractivity contribution is 0.0728. The Morgan fingerprint density at radius 3 is 2.81 bits per heavy atom. The van der Waals surface area contributed by atoms with Gasteiger partial charge in [0.1, 0.15) is 5.76 Å². The number of carbonyl (C=O) groups excluding carboxylic acids is 1. The monoisotopic (exact) mass is 353 g/mol. The van der Waals surface area contributed by atoms with Crippen LogP contribution in [0.3, 0.4) is 0 Å². The van der Waals surface area contributed by atoms with Gasteiger partial charge in [-0.05, 0) is 48.3 Å². The maximum Gasteiger partial charge on any atom is 0.275 e. The lowest BCUT2D eigenvalue weighted by Crippen LogP contribution is -2.35. The van der Waals surface area contributed by atoms with Gasteiger partial charge in [0.05, 0.1) is 16.4 Å². The largest absolute Gasteiger partial charge is 0.469 e. The molecule has 2 rings (SSSR count). The van der Waals surface area contributed by atoms with Crippen molar-refractivity contribution in [2.45, 2.75) is 32.7 Å². The van der Waals surface area contributed by atoms with Crippen molar-refractivity contribution in [3.63, 3.8) is 0 Å². The Bertz CT molecular complexity index is 619. The summed E-state index contributed by atoms with van der Waals surface area (Å²) >= 11 is 3.44. The summed E-state index contributed by atoms with van der Waals surface area (Å²) in [6, 6.07) is 3.94. The Morgan fingerprint density at radius 1 is 1.57 bits per heavy atom. The zero-order chi connectivity index (χ0) is 15.6. The Labute approximate surface area is 133 Å². The minimum absolute atomic E-state index is 0.0717. The first-order valence-corrected chi connectivity index (χ1v) is 7.69. The van der Waals surface area contributed by atoms with E-state index >= 15 is 0 Å². The SMILES string of the molecule is Cc1c(Br)c(C(=O)N(C)C(C)CCc2ccco2)nn1C. The van der Waals surface area contributed by atoms with E-state index in [2.05, 4.69) is 21.0 Å². The Hall–Kier alpha value is -1.56. The molecule has 0 aliphatic rings. The van der Waals surface area contributed by atoms with Gasteiger partial charge >= 0.3 is 0 Å². The normalized spacial score (nSPS) is 12.4. The maximum atomic E-state index is 12.5. The fourth-order valence-corrected chi connectivity index (χ4v) is 2.59. The van der Waals surface area contributed by atoms with Crippen LogP contribution in [0.5, 0.6) is 0 Å². The van der Waals surface area contributed by atoms with Crippen LogP contribution >= 0.6 is 15.9 Å². The van der Waals surface area contributed by atoms with Gasteiger partial charge in [0.15, 0.2) is 5.69 Å². The zero-order valence-corrected chi connectivity index (χ0v) is 14.3. The summed E-state index contributed by atoms with van der Waals surface area (Å²) in [5.41, 5.74) is 1.40. The summed E-state index contributed by atoms with van der Waals surface area (Å²) in [4.78, 5) is 14.3. The average Bonchev–Trinajstić information content (AvgIpc) is 3.07. The maximum absolute atomic E-state index is 12.5. The van der Waals surface area contributed by atoms with E-state index in [-0.39, 0.29) is 11.9 Å². The smallest absolute Gasteiger partial charge is 0.275 e. The van der Waals surface area contributed by atoms with Gasteiger partial charge in [-0.15, -0.1) is 0 Å². The minimum atomic E-state index is -0.0717. The number of aromatic nitrogens is 2. The molecule has 1 amide bonds. The lowest BCUT2D eigenvalue weighted by atomic mass is 10.1. The number of nitrogens with zero attached hydrogens (tertiary/aromatic N) is 3. The first-order valence-electron chi connectivity index (χ1n) is 6.90. The minimum Gasteiger partial charge on any atom is -0.469 e. The second-order valence-electron chi connectivity index (χ2n) is 5.25. The summed E-state index contributed by atoms with van der Waals surface area (Å²) in [5.74, 6) is 0.870. The van der Waals surface area contributed by atoms with Crippen molar-refractivity contribution in [1.82, 2.24) is 14.7 Å². The fraction of sp³-hybridized carbons (Fsp3) is 0.467. The molecule has 2 aromatic rings. The van der Waals surface area contributed by atoms with Crippen molar-refractivity contribution in [1.29, 1.82) is 0 Å². The van der Waals surface area contributed by atoms with Crippen LogP contribution < -0.4 is 0 Å². The molecule has 114 valence electrons. The number of hydrogen-bond acceptors (Lipinski definition) is 3. The Kier molecular flexibility index (Phi) is 4.88. The molecule has 2 heterocycles. The first kappa shape index (κ1) is 15.8. The summed E-state index contributed by atoms with van der Waals surface area (Å²) in [6.45, 7) is 3.96. The van der Waals surface area contributed by atoms with Crippen LogP contribution in [-0.4, -0.2) is 33.7 Å². The van der Waals surface area contributed by atoms with Gasteiger partial charge in [-0.25, -0.2) is 0 Å². The topological polar surface area (TPSA) is 51.3 Å². The highest BCUT2D eigenvalue weighted by atomic mass is 79.9. The molecule has 0 saturated heterocycles. The highest BCUT2D eigenvalue weighted by molar-refractivity contribution is 9.10. The molecular weight excluding hydrogens is 334 g/mol. The highest BCUT2D eigenvalue weighted by Gasteiger charge is 2.24. The van der Waals surface area contributed by atoms with Crippen LogP contribution in [0.25, 0.3) is 0 Å². The molecule has 0 aliphatic carbocycles. The van der Waals surface area contributed by atoms with Crippen LogP contribution in [0.4, 0.5) is 0 Å². The molecular formula is C15H20BrN3O2. The molecule has 0 aliphatic heterocycles. The van der Waals surface area contributed by atoms with E-state index in [0.29, 0.717) is 5.69 Å². The molecule has 0 spiro atoms. The van der Waals surface area contributed by atoms with Gasteiger partial charge in [0.2, 0.25) is 0 Å². The lowest BCUT2D eigenvalue weighted by Gasteiger charge is -2.24. The number of furan rings is 1. The van der Waals surface area contributed by atoms with Gasteiger partial charge < -0.3 is 9.32 Å². The van der Waals surface area contributed by atoms with Gasteiger partial charge in [0.25, 0.3) is 5.91 Å². The number of rotatable bonds is 5. The van der Waals surface area contributed by atoms with E-state index in [1.54, 1.807) is 15.8 Å². The third-order valence-electron chi connectivity index (χ3n) is 3.83. The molecule has 6 heteroatoms. The molecule has 5 nitrogen and oxygen atoms in total. The molecule has 0 saturated carbocycles. The third kappa shape index (κ3) is 3.37. The average molecular weight is 354 g/mol. The quantitative estimate of drug-likeness (QED) is 0.829. The van der Waals surface area contributed by atoms with Gasteiger partial charge in [-0.2, -0.15) is 5.10 Å². The molecule has 1 atom stereocenters. The van der Waals surface area contributed by atoms with Gasteiger partial charge in [-0.3, -0.25) is 9.48 Å². The first-order chi connectivity index (χ1) is 9.91. The van der Waals surface area contributed by atoms with E-state index in [4.69, 9.17) is 4.42 Å². The molecule has 0 bridgehead atoms. The standard InChI is InChI=1S/C15H20BrN3O2/c1-10(7-8-12-6-5-9-21-12)18(3)15(20)14-13(16)11(2)19(4)17-14/h5-6,9-10H,7-8H2,1-4H3. The molecule has 0 fully saturated rings. The van der Waals surface area contributed by atoms with Crippen molar-refractivity contribution in [3.8, 4) is 0 Å². The van der Waals surface area contributed by atoms with Crippen molar-refractivity contribution in [3.05, 3.63) is 40.0 Å². The Balaban J connectivity index is 2.02. The highest BCUT2D eigenvalue weighted by Crippen LogP contribution is 2.22. The van der Waals surface area contributed by atoms with Gasteiger partial charge in [0, 0.05) is 26.6 Å². The number of aryl methyl sites for hydroxylation is 2. The molecule has 0 aromatic carbocycles. The van der Waals surface area contributed by atoms with Crippen molar-refractivity contribution in [2.75, 3.05) is 7.05 Å². The number of amides is 1. The van der Waals surface area contributed by atoms with Crippen LogP contribution in [-0.2, 0) is 13.5 Å². The van der Waals surface area contributed by atoms with E-state index in [1.807, 2.05) is 40.1 Å². The zero-order valence-electron chi connectivity index (χ0n) is 12.8. The van der Waals surface area contributed by atoms with Crippen molar-refractivity contribution >= 4 is 21.8 Å². The van der Waals surface area contributed by atoms with E-state index in [1.165, 1.54) is 0 Å². The predicted molar refractivity (Wildman–Crippen MR) is 84.2 cm³/mol. The fourth-order valence-electron chi connectivity index (χ4n) is 2.09. The van der Waals surface area contributed by atoms with Gasteiger partial charge in [-0.1, -0.05) is 0 Å². The second kappa shape index (κ2) is 6.47. The second-order valence-corrected chi connectivity index (χ2v) is 6.05. The van der Waals surface area contributed by atoms with Crippen LogP contribution in [0, 0.1) is 6.92 Å². The van der Waals surface area contributed by atoms with Crippen LogP contribution in [0.2, 0.25) is 0 Å². The molecule has 1 unspecified atom stereocenters. The molecule has 0 radical (unpaired) electrons. The summed E-state index contributed by atoms with van der Waals surface area (Å²) in [7, 11) is 3.64. The van der Waals surface area contributed by atoms with Crippen molar-refractivity contribution in [2.24, 2.45) is 7.05 Å². The summed E-state index contributed by atoms with van der Waals surface area (Å²) < 4.78 is 7.79. The Morgan fingerprint density at radius 2 is 2.29 bits per heavy atom. The molecule has 0 N–H and O–H groups in total. The van der Waals surface area contributed by atoms with E-state index in [9.17, 15) is 4.79 Å². The molecule has 21 heavy (non-hydrogen) atoms. The number of hydrogen-bond donors (Lipinski definition) is 0. The number of carbonyl (C=O) groups is 1. The van der Waals surface area contributed by atoms with E-state index in [0.717, 1.165) is 28.8 Å². The van der Waals surface area contributed by atoms with Crippen molar-refractivity contribution < 1.29 is 9.21 Å². The predicted octanol–water partition coefficient (Wildman–Crippen LogP) is 3.18. The summed E-state index contributed by atoms with van der Waals surface area (Å²) in [5, 5.41) is 4.28. The molecule has 2 aromatic heterocycles. The van der Waals surface area contributed by atoms with Crippen LogP contribution in [0.1, 0.15) is 35.3 Å². The summed E-state index contributed by atoms with van der Waals surface area (Å²) in [6.07, 6.45) is 3.33. The van der Waals surface area contributed by atoms with E-state index < -0.39 is 0 Å². The van der Waals surface area contributed by atoms with Crippen LogP contribution in [0.15, 0.2) is 27.3 Å². The number of halogens is 1.